The molecule has 0 radical (unpaired) electrons. The maximum absolute atomic E-state index is 13.6. The monoisotopic (exact) mass is 505 g/mol. The Bertz CT molecular complexity index is 1040. The third-order valence-corrected chi connectivity index (χ3v) is 7.41. The molecule has 2 heterocycles. The number of anilines is 1. The SMILES string of the molecule is CC(C)(C)OC(=O)N1CCN(c2ncc(C(C)(N[S@@](=O)C(C)(C)C)c3ccc(F)cc3)cn2)CC1. The van der Waals surface area contributed by atoms with E-state index in [-0.39, 0.29) is 11.9 Å². The van der Waals surface area contributed by atoms with Gasteiger partial charge in [0, 0.05) is 44.1 Å². The molecule has 8 nitrogen and oxygen atoms in total. The van der Waals surface area contributed by atoms with Gasteiger partial charge in [0.15, 0.2) is 0 Å². The van der Waals surface area contributed by atoms with Gasteiger partial charge in [-0.3, -0.25) is 0 Å². The van der Waals surface area contributed by atoms with Crippen LogP contribution in [-0.4, -0.2) is 61.7 Å². The Morgan fingerprint density at radius 2 is 1.49 bits per heavy atom. The summed E-state index contributed by atoms with van der Waals surface area (Å²) in [5.74, 6) is 0.209. The first-order chi connectivity index (χ1) is 16.2. The first kappa shape index (κ1) is 27.0. The predicted molar refractivity (Wildman–Crippen MR) is 136 cm³/mol. The van der Waals surface area contributed by atoms with E-state index in [1.807, 2.05) is 53.4 Å². The molecule has 192 valence electrons. The van der Waals surface area contributed by atoms with E-state index in [4.69, 9.17) is 4.74 Å². The fraction of sp³-hybridized carbons (Fsp3) is 0.560. The van der Waals surface area contributed by atoms with Crippen LogP contribution < -0.4 is 9.62 Å². The van der Waals surface area contributed by atoms with Crippen LogP contribution in [0.15, 0.2) is 36.7 Å². The summed E-state index contributed by atoms with van der Waals surface area (Å²) >= 11 is 0. The molecule has 0 spiro atoms. The second-order valence-electron chi connectivity index (χ2n) is 10.8. The molecule has 2 aromatic rings. The van der Waals surface area contributed by atoms with Gasteiger partial charge in [-0.1, -0.05) is 12.1 Å². The molecule has 1 aromatic heterocycles. The molecule has 10 heteroatoms. The Hall–Kier alpha value is -2.59. The zero-order chi connectivity index (χ0) is 26.0. The number of carbonyl (C=O) groups is 1. The highest BCUT2D eigenvalue weighted by Crippen LogP contribution is 2.31. The van der Waals surface area contributed by atoms with Crippen LogP contribution in [0.4, 0.5) is 15.1 Å². The standard InChI is InChI=1S/C25H36FN5O3S/c1-23(2,3)34-22(32)31-14-12-30(13-15-31)21-27-16-19(17-28-21)25(7,29-35(33)24(4,5)6)18-8-10-20(26)11-9-18/h8-11,16-17,29H,12-15H2,1-7H3/t25?,35-/m0/s1. The van der Waals surface area contributed by atoms with Crippen molar-refractivity contribution in [2.45, 2.75) is 64.4 Å². The summed E-state index contributed by atoms with van der Waals surface area (Å²) in [7, 11) is -1.40. The summed E-state index contributed by atoms with van der Waals surface area (Å²) in [5.41, 5.74) is 0.0195. The minimum atomic E-state index is -1.40. The molecule has 3 rings (SSSR count). The van der Waals surface area contributed by atoms with Crippen molar-refractivity contribution >= 4 is 23.0 Å². The molecule has 1 aliphatic rings. The smallest absolute Gasteiger partial charge is 0.410 e. The largest absolute Gasteiger partial charge is 0.444 e. The number of rotatable bonds is 5. The van der Waals surface area contributed by atoms with Crippen LogP contribution in [0.1, 0.15) is 59.6 Å². The highest BCUT2D eigenvalue weighted by molar-refractivity contribution is 7.84. The third-order valence-electron chi connectivity index (χ3n) is 5.70. The van der Waals surface area contributed by atoms with Crippen LogP contribution in [0, 0.1) is 5.82 Å². The minimum Gasteiger partial charge on any atom is -0.444 e. The Morgan fingerprint density at radius 3 is 1.97 bits per heavy atom. The Labute approximate surface area is 209 Å². The molecule has 0 aliphatic carbocycles. The van der Waals surface area contributed by atoms with Crippen LogP contribution >= 0.6 is 0 Å². The highest BCUT2D eigenvalue weighted by atomic mass is 32.2. The first-order valence-corrected chi connectivity index (χ1v) is 12.9. The molecular weight excluding hydrogens is 469 g/mol. The zero-order valence-electron chi connectivity index (χ0n) is 21.6. The third kappa shape index (κ3) is 6.76. The number of piperazine rings is 1. The van der Waals surface area contributed by atoms with Crippen molar-refractivity contribution in [1.82, 2.24) is 19.6 Å². The van der Waals surface area contributed by atoms with Gasteiger partial charge in [0.1, 0.15) is 11.4 Å². The molecule has 1 fully saturated rings. The lowest BCUT2D eigenvalue weighted by Gasteiger charge is -2.36. The van der Waals surface area contributed by atoms with Crippen molar-refractivity contribution in [3.05, 3.63) is 53.6 Å². The molecule has 1 N–H and O–H groups in total. The van der Waals surface area contributed by atoms with Gasteiger partial charge in [0.25, 0.3) is 0 Å². The first-order valence-electron chi connectivity index (χ1n) is 11.7. The van der Waals surface area contributed by atoms with Gasteiger partial charge < -0.3 is 14.5 Å². The number of aromatic nitrogens is 2. The number of nitrogens with one attached hydrogen (secondary N) is 1. The predicted octanol–water partition coefficient (Wildman–Crippen LogP) is 3.99. The van der Waals surface area contributed by atoms with E-state index >= 15 is 0 Å². The highest BCUT2D eigenvalue weighted by Gasteiger charge is 2.35. The Morgan fingerprint density at radius 1 is 0.943 bits per heavy atom. The summed E-state index contributed by atoms with van der Waals surface area (Å²) in [6, 6.07) is 6.11. The normalized spacial score (nSPS) is 17.6. The molecule has 1 aromatic carbocycles. The number of amides is 1. The number of halogens is 1. The van der Waals surface area contributed by atoms with E-state index in [9.17, 15) is 13.4 Å². The van der Waals surface area contributed by atoms with Crippen LogP contribution in [0.5, 0.6) is 0 Å². The van der Waals surface area contributed by atoms with Gasteiger partial charge in [-0.2, -0.15) is 0 Å². The molecule has 0 saturated carbocycles. The van der Waals surface area contributed by atoms with E-state index in [2.05, 4.69) is 14.7 Å². The van der Waals surface area contributed by atoms with Gasteiger partial charge in [0.05, 0.1) is 21.3 Å². The minimum absolute atomic E-state index is 0.318. The second kappa shape index (κ2) is 10.2. The molecule has 35 heavy (non-hydrogen) atoms. The van der Waals surface area contributed by atoms with Gasteiger partial charge in [-0.25, -0.2) is 28.1 Å². The Balaban J connectivity index is 1.78. The number of nitrogens with zero attached hydrogens (tertiary/aromatic N) is 4. The molecule has 1 aliphatic heterocycles. The van der Waals surface area contributed by atoms with E-state index in [1.54, 1.807) is 29.4 Å². The summed E-state index contributed by atoms with van der Waals surface area (Å²) in [6.07, 6.45) is 3.10. The van der Waals surface area contributed by atoms with E-state index in [0.717, 1.165) is 5.56 Å². The maximum Gasteiger partial charge on any atom is 0.410 e. The number of benzene rings is 1. The summed E-state index contributed by atoms with van der Waals surface area (Å²) < 4.78 is 34.8. The van der Waals surface area contributed by atoms with Crippen LogP contribution in [0.2, 0.25) is 0 Å². The fourth-order valence-electron chi connectivity index (χ4n) is 3.56. The van der Waals surface area contributed by atoms with Gasteiger partial charge in [-0.15, -0.1) is 0 Å². The number of hydrogen-bond acceptors (Lipinski definition) is 6. The van der Waals surface area contributed by atoms with Gasteiger partial charge in [-0.05, 0) is 66.2 Å². The van der Waals surface area contributed by atoms with Crippen molar-refractivity contribution in [3.63, 3.8) is 0 Å². The van der Waals surface area contributed by atoms with Crippen molar-refractivity contribution in [2.75, 3.05) is 31.1 Å². The van der Waals surface area contributed by atoms with Crippen LogP contribution in [-0.2, 0) is 21.3 Å². The van der Waals surface area contributed by atoms with Crippen LogP contribution in [0.3, 0.4) is 0 Å². The second-order valence-corrected chi connectivity index (χ2v) is 12.8. The zero-order valence-corrected chi connectivity index (χ0v) is 22.4. The summed E-state index contributed by atoms with van der Waals surface area (Å²) in [4.78, 5) is 25.2. The topological polar surface area (TPSA) is 87.7 Å². The van der Waals surface area contributed by atoms with E-state index in [1.165, 1.54) is 12.1 Å². The number of hydrogen-bond donors (Lipinski definition) is 1. The van der Waals surface area contributed by atoms with Crippen LogP contribution in [0.25, 0.3) is 0 Å². The van der Waals surface area contributed by atoms with Gasteiger partial charge in [0.2, 0.25) is 5.95 Å². The van der Waals surface area contributed by atoms with Crippen molar-refractivity contribution in [3.8, 4) is 0 Å². The van der Waals surface area contributed by atoms with E-state index in [0.29, 0.717) is 37.7 Å². The molecule has 1 amide bonds. The summed E-state index contributed by atoms with van der Waals surface area (Å²) in [6.45, 7) is 15.3. The lowest BCUT2D eigenvalue weighted by atomic mass is 9.87. The fourth-order valence-corrected chi connectivity index (χ4v) is 4.48. The average molecular weight is 506 g/mol. The maximum atomic E-state index is 13.6. The molecular formula is C25H36FN5O3S. The quantitative estimate of drug-likeness (QED) is 0.661. The average Bonchev–Trinajstić information content (AvgIpc) is 2.78. The van der Waals surface area contributed by atoms with Crippen molar-refractivity contribution < 1.29 is 18.1 Å². The van der Waals surface area contributed by atoms with Crippen molar-refractivity contribution in [1.29, 1.82) is 0 Å². The van der Waals surface area contributed by atoms with E-state index < -0.39 is 26.9 Å². The lowest BCUT2D eigenvalue weighted by molar-refractivity contribution is 0.0240. The summed E-state index contributed by atoms with van der Waals surface area (Å²) in [5, 5.41) is 0. The number of ether oxygens (including phenoxy) is 1. The number of carbonyl (C=O) groups excluding carboxylic acids is 1. The molecule has 1 saturated heterocycles. The molecule has 2 atom stereocenters. The molecule has 1 unspecified atom stereocenters. The Kier molecular flexibility index (Phi) is 7.86. The lowest BCUT2D eigenvalue weighted by Crippen LogP contribution is -2.50. The molecule has 0 bridgehead atoms. The van der Waals surface area contributed by atoms with Gasteiger partial charge >= 0.3 is 6.09 Å². The van der Waals surface area contributed by atoms with Crippen molar-refractivity contribution in [2.24, 2.45) is 0 Å².